The zero-order valence-electron chi connectivity index (χ0n) is 12.5. The lowest BCUT2D eigenvalue weighted by Gasteiger charge is -2.23. The Bertz CT molecular complexity index is 292. The molecule has 0 radical (unpaired) electrons. The molecule has 0 aromatic carbocycles. The number of hydrogen-bond donors (Lipinski definition) is 1. The first-order chi connectivity index (χ1) is 8.97. The van der Waals surface area contributed by atoms with Crippen LogP contribution in [-0.2, 0) is 4.79 Å². The van der Waals surface area contributed by atoms with Gasteiger partial charge in [-0.25, -0.2) is 0 Å². The van der Waals surface area contributed by atoms with Crippen molar-refractivity contribution in [2.24, 2.45) is 17.3 Å². The SMILES string of the molecule is CC(C)(CCCCN(CC1CC1)CC1CC1)C(=O)O. The van der Waals surface area contributed by atoms with Gasteiger partial charge in [0, 0.05) is 13.1 Å². The first-order valence-corrected chi connectivity index (χ1v) is 7.93. The molecule has 0 aliphatic heterocycles. The van der Waals surface area contributed by atoms with Crippen molar-refractivity contribution in [3.05, 3.63) is 0 Å². The molecule has 2 saturated carbocycles. The van der Waals surface area contributed by atoms with Crippen molar-refractivity contribution in [2.75, 3.05) is 19.6 Å². The van der Waals surface area contributed by atoms with E-state index in [9.17, 15) is 4.79 Å². The maximum Gasteiger partial charge on any atom is 0.309 e. The van der Waals surface area contributed by atoms with E-state index in [0.717, 1.165) is 31.1 Å². The van der Waals surface area contributed by atoms with Crippen LogP contribution in [-0.4, -0.2) is 35.6 Å². The van der Waals surface area contributed by atoms with E-state index in [0.29, 0.717) is 0 Å². The molecule has 0 amide bonds. The van der Waals surface area contributed by atoms with Gasteiger partial charge in [-0.15, -0.1) is 0 Å². The van der Waals surface area contributed by atoms with Gasteiger partial charge in [-0.3, -0.25) is 4.79 Å². The number of rotatable bonds is 10. The largest absolute Gasteiger partial charge is 0.481 e. The fourth-order valence-electron chi connectivity index (χ4n) is 2.60. The van der Waals surface area contributed by atoms with Crippen LogP contribution in [0.15, 0.2) is 0 Å². The molecule has 0 unspecified atom stereocenters. The van der Waals surface area contributed by atoms with E-state index >= 15 is 0 Å². The lowest BCUT2D eigenvalue weighted by molar-refractivity contribution is -0.147. The molecule has 0 spiro atoms. The van der Waals surface area contributed by atoms with Crippen LogP contribution in [0, 0.1) is 17.3 Å². The van der Waals surface area contributed by atoms with Crippen LogP contribution in [0.3, 0.4) is 0 Å². The number of hydrogen-bond acceptors (Lipinski definition) is 2. The molecule has 2 aliphatic rings. The smallest absolute Gasteiger partial charge is 0.309 e. The highest BCUT2D eigenvalue weighted by atomic mass is 16.4. The number of carboxylic acid groups (broad SMARTS) is 1. The standard InChI is InChI=1S/C16H29NO2/c1-16(2,15(18)19)9-3-4-10-17(11-13-5-6-13)12-14-7-8-14/h13-14H,3-12H2,1-2H3,(H,18,19). The highest BCUT2D eigenvalue weighted by molar-refractivity contribution is 5.73. The second-order valence-electron chi connectivity index (χ2n) is 7.29. The molecule has 110 valence electrons. The van der Waals surface area contributed by atoms with Crippen LogP contribution in [0.2, 0.25) is 0 Å². The molecule has 2 aliphatic carbocycles. The highest BCUT2D eigenvalue weighted by Crippen LogP contribution is 2.34. The van der Waals surface area contributed by atoms with Gasteiger partial charge < -0.3 is 10.0 Å². The number of unbranched alkanes of at least 4 members (excludes halogenated alkanes) is 1. The molecule has 2 rings (SSSR count). The number of nitrogens with zero attached hydrogens (tertiary/aromatic N) is 1. The van der Waals surface area contributed by atoms with Gasteiger partial charge in [0.1, 0.15) is 0 Å². The number of carbonyl (C=O) groups is 1. The fraction of sp³-hybridized carbons (Fsp3) is 0.938. The third-order valence-corrected chi connectivity index (χ3v) is 4.53. The van der Waals surface area contributed by atoms with E-state index < -0.39 is 11.4 Å². The molecule has 19 heavy (non-hydrogen) atoms. The Labute approximate surface area is 117 Å². The first-order valence-electron chi connectivity index (χ1n) is 7.93. The summed E-state index contributed by atoms with van der Waals surface area (Å²) in [5.41, 5.74) is -0.558. The van der Waals surface area contributed by atoms with Crippen molar-refractivity contribution >= 4 is 5.97 Å². The second-order valence-corrected chi connectivity index (χ2v) is 7.29. The summed E-state index contributed by atoms with van der Waals surface area (Å²) >= 11 is 0. The molecule has 0 saturated heterocycles. The van der Waals surface area contributed by atoms with Crippen LogP contribution in [0.5, 0.6) is 0 Å². The molecule has 1 N–H and O–H groups in total. The van der Waals surface area contributed by atoms with Crippen molar-refractivity contribution in [1.29, 1.82) is 0 Å². The van der Waals surface area contributed by atoms with E-state index in [1.807, 2.05) is 13.8 Å². The molecule has 0 aromatic heterocycles. The third kappa shape index (κ3) is 5.52. The number of carboxylic acids is 1. The summed E-state index contributed by atoms with van der Waals surface area (Å²) < 4.78 is 0. The molecule has 3 heteroatoms. The van der Waals surface area contributed by atoms with Crippen LogP contribution in [0.4, 0.5) is 0 Å². The van der Waals surface area contributed by atoms with Gasteiger partial charge in [0.15, 0.2) is 0 Å². The zero-order valence-corrected chi connectivity index (χ0v) is 12.5. The van der Waals surface area contributed by atoms with Crippen molar-refractivity contribution < 1.29 is 9.90 Å². The lowest BCUT2D eigenvalue weighted by atomic mass is 9.87. The molecule has 0 atom stereocenters. The summed E-state index contributed by atoms with van der Waals surface area (Å²) in [6.07, 6.45) is 8.67. The van der Waals surface area contributed by atoms with Crippen molar-refractivity contribution in [3.63, 3.8) is 0 Å². The quantitative estimate of drug-likeness (QED) is 0.617. The van der Waals surface area contributed by atoms with Gasteiger partial charge >= 0.3 is 5.97 Å². The Kier molecular flexibility index (Phi) is 4.88. The number of aliphatic carboxylic acids is 1. The maximum atomic E-state index is 11.0. The zero-order chi connectivity index (χ0) is 13.9. The lowest BCUT2D eigenvalue weighted by Crippen LogP contribution is -2.30. The van der Waals surface area contributed by atoms with Gasteiger partial charge in [0.2, 0.25) is 0 Å². The highest BCUT2D eigenvalue weighted by Gasteiger charge is 2.29. The molecule has 0 aromatic rings. The van der Waals surface area contributed by atoms with Gasteiger partial charge in [0.25, 0.3) is 0 Å². The monoisotopic (exact) mass is 267 g/mol. The molecule has 0 bridgehead atoms. The predicted octanol–water partition coefficient (Wildman–Crippen LogP) is 3.39. The fourth-order valence-corrected chi connectivity index (χ4v) is 2.60. The Balaban J connectivity index is 1.62. The van der Waals surface area contributed by atoms with Crippen molar-refractivity contribution in [1.82, 2.24) is 4.90 Å². The topological polar surface area (TPSA) is 40.5 Å². The van der Waals surface area contributed by atoms with E-state index in [-0.39, 0.29) is 0 Å². The predicted molar refractivity (Wildman–Crippen MR) is 77.2 cm³/mol. The average Bonchev–Trinajstić information content (AvgIpc) is 3.19. The van der Waals surface area contributed by atoms with Gasteiger partial charge in [-0.05, 0) is 70.8 Å². The van der Waals surface area contributed by atoms with Gasteiger partial charge in [-0.1, -0.05) is 6.42 Å². The summed E-state index contributed by atoms with van der Waals surface area (Å²) in [5.74, 6) is 1.27. The second kappa shape index (κ2) is 6.25. The van der Waals surface area contributed by atoms with Crippen LogP contribution in [0.1, 0.15) is 58.8 Å². The Morgan fingerprint density at radius 3 is 2.05 bits per heavy atom. The van der Waals surface area contributed by atoms with E-state index in [4.69, 9.17) is 5.11 Å². The normalized spacial score (nSPS) is 19.9. The Hall–Kier alpha value is -0.570. The summed E-state index contributed by atoms with van der Waals surface area (Å²) in [4.78, 5) is 13.7. The maximum absolute atomic E-state index is 11.0. The summed E-state index contributed by atoms with van der Waals surface area (Å²) in [5, 5.41) is 9.09. The minimum Gasteiger partial charge on any atom is -0.481 e. The summed E-state index contributed by atoms with van der Waals surface area (Å²) in [7, 11) is 0. The molecular weight excluding hydrogens is 238 g/mol. The van der Waals surface area contributed by atoms with Crippen molar-refractivity contribution in [2.45, 2.75) is 58.8 Å². The average molecular weight is 267 g/mol. The molecule has 0 heterocycles. The molecule has 3 nitrogen and oxygen atoms in total. The minimum absolute atomic E-state index is 0.558. The molecule has 2 fully saturated rings. The third-order valence-electron chi connectivity index (χ3n) is 4.53. The minimum atomic E-state index is -0.666. The Morgan fingerprint density at radius 2 is 1.63 bits per heavy atom. The van der Waals surface area contributed by atoms with E-state index in [1.54, 1.807) is 0 Å². The molecular formula is C16H29NO2. The Morgan fingerprint density at radius 1 is 1.11 bits per heavy atom. The summed E-state index contributed by atoms with van der Waals surface area (Å²) in [6.45, 7) is 7.42. The van der Waals surface area contributed by atoms with Crippen molar-refractivity contribution in [3.8, 4) is 0 Å². The van der Waals surface area contributed by atoms with Gasteiger partial charge in [0.05, 0.1) is 5.41 Å². The van der Waals surface area contributed by atoms with E-state index in [1.165, 1.54) is 45.3 Å². The van der Waals surface area contributed by atoms with Crippen LogP contribution in [0.25, 0.3) is 0 Å². The van der Waals surface area contributed by atoms with Gasteiger partial charge in [-0.2, -0.15) is 0 Å². The van der Waals surface area contributed by atoms with E-state index in [2.05, 4.69) is 4.90 Å². The first kappa shape index (κ1) is 14.8. The van der Waals surface area contributed by atoms with Crippen LogP contribution < -0.4 is 0 Å². The summed E-state index contributed by atoms with van der Waals surface area (Å²) in [6, 6.07) is 0. The van der Waals surface area contributed by atoms with Crippen LogP contribution >= 0.6 is 0 Å².